The van der Waals surface area contributed by atoms with Gasteiger partial charge in [0.15, 0.2) is 5.78 Å². The first-order valence-electron chi connectivity index (χ1n) is 8.33. The Morgan fingerprint density at radius 2 is 1.78 bits per heavy atom. The van der Waals surface area contributed by atoms with Gasteiger partial charge in [0, 0.05) is 11.6 Å². The van der Waals surface area contributed by atoms with Crippen LogP contribution < -0.4 is 5.56 Å². The number of ketones is 1. The summed E-state index contributed by atoms with van der Waals surface area (Å²) >= 11 is 0. The van der Waals surface area contributed by atoms with Gasteiger partial charge in [0.25, 0.3) is 5.56 Å². The molecule has 0 aliphatic heterocycles. The average molecular weight is 309 g/mol. The summed E-state index contributed by atoms with van der Waals surface area (Å²) in [6.07, 6.45) is 4.32. The lowest BCUT2D eigenvalue weighted by molar-refractivity contribution is 0.101. The summed E-state index contributed by atoms with van der Waals surface area (Å²) in [6.45, 7) is 5.61. The molecule has 0 N–H and O–H groups in total. The normalized spacial score (nSPS) is 15.1. The number of aryl methyl sites for hydroxylation is 2. The van der Waals surface area contributed by atoms with Crippen LogP contribution in [-0.4, -0.2) is 10.4 Å². The second kappa shape index (κ2) is 6.15. The van der Waals surface area contributed by atoms with Crippen molar-refractivity contribution < 1.29 is 4.79 Å². The summed E-state index contributed by atoms with van der Waals surface area (Å²) < 4.78 is 1.88. The molecule has 3 rings (SSSR count). The molecule has 1 aromatic heterocycles. The highest BCUT2D eigenvalue weighted by atomic mass is 16.1. The summed E-state index contributed by atoms with van der Waals surface area (Å²) in [5.74, 6) is -0.158. The zero-order valence-corrected chi connectivity index (χ0v) is 14.1. The lowest BCUT2D eigenvalue weighted by Gasteiger charge is -2.21. The standard InChI is InChI=1S/C20H23NO2/c1-13-8-9-17(14(2)12-13)19-11-10-18(15(3)22)20(23)21(19)16-6-4-5-7-16/h8-12,16H,4-7H2,1-3H3. The molecule has 1 aliphatic rings. The lowest BCUT2D eigenvalue weighted by atomic mass is 10.00. The third-order valence-electron chi connectivity index (χ3n) is 4.84. The Hall–Kier alpha value is -2.16. The minimum absolute atomic E-state index is 0.137. The molecule has 3 heteroatoms. The van der Waals surface area contributed by atoms with Crippen LogP contribution in [0.15, 0.2) is 35.1 Å². The number of Topliss-reactive ketones (excluding diaryl/α,β-unsaturated/α-hetero) is 1. The van der Waals surface area contributed by atoms with Gasteiger partial charge in [-0.25, -0.2) is 0 Å². The fourth-order valence-electron chi connectivity index (χ4n) is 3.67. The molecule has 2 aromatic rings. The average Bonchev–Trinajstić information content (AvgIpc) is 3.00. The van der Waals surface area contributed by atoms with Crippen LogP contribution in [0, 0.1) is 13.8 Å². The Kier molecular flexibility index (Phi) is 4.20. The maximum Gasteiger partial charge on any atom is 0.262 e. The van der Waals surface area contributed by atoms with E-state index in [9.17, 15) is 9.59 Å². The third kappa shape index (κ3) is 2.88. The topological polar surface area (TPSA) is 39.1 Å². The SMILES string of the molecule is CC(=O)c1ccc(-c2ccc(C)cc2C)n(C2CCCC2)c1=O. The lowest BCUT2D eigenvalue weighted by Crippen LogP contribution is -2.29. The van der Waals surface area contributed by atoms with Crippen molar-refractivity contribution in [3.05, 3.63) is 57.4 Å². The van der Waals surface area contributed by atoms with Gasteiger partial charge in [-0.1, -0.05) is 36.6 Å². The molecule has 120 valence electrons. The number of benzene rings is 1. The summed E-state index contributed by atoms with van der Waals surface area (Å²) in [4.78, 5) is 24.7. The van der Waals surface area contributed by atoms with Crippen molar-refractivity contribution in [2.45, 2.75) is 52.5 Å². The first-order valence-corrected chi connectivity index (χ1v) is 8.33. The van der Waals surface area contributed by atoms with E-state index in [0.29, 0.717) is 5.56 Å². The summed E-state index contributed by atoms with van der Waals surface area (Å²) in [6, 6.07) is 10.1. The zero-order valence-electron chi connectivity index (χ0n) is 14.1. The van der Waals surface area contributed by atoms with E-state index in [2.05, 4.69) is 32.0 Å². The monoisotopic (exact) mass is 309 g/mol. The predicted octanol–water partition coefficient (Wildman–Crippen LogP) is 4.45. The van der Waals surface area contributed by atoms with Crippen molar-refractivity contribution in [2.24, 2.45) is 0 Å². The molecular weight excluding hydrogens is 286 g/mol. The van der Waals surface area contributed by atoms with E-state index in [1.54, 1.807) is 6.07 Å². The van der Waals surface area contributed by atoms with Crippen molar-refractivity contribution in [1.82, 2.24) is 4.57 Å². The quantitative estimate of drug-likeness (QED) is 0.786. The van der Waals surface area contributed by atoms with Gasteiger partial charge in [0.05, 0.1) is 11.3 Å². The molecular formula is C20H23NO2. The first-order chi connectivity index (χ1) is 11.0. The molecule has 0 saturated heterocycles. The molecule has 0 amide bonds. The Morgan fingerprint density at radius 3 is 2.39 bits per heavy atom. The minimum Gasteiger partial charge on any atom is -0.305 e. The first kappa shape index (κ1) is 15.7. The number of aromatic nitrogens is 1. The van der Waals surface area contributed by atoms with Crippen molar-refractivity contribution in [3.63, 3.8) is 0 Å². The Morgan fingerprint density at radius 1 is 1.09 bits per heavy atom. The van der Waals surface area contributed by atoms with Crippen molar-refractivity contribution in [2.75, 3.05) is 0 Å². The second-order valence-corrected chi connectivity index (χ2v) is 6.62. The van der Waals surface area contributed by atoms with Gasteiger partial charge in [-0.2, -0.15) is 0 Å². The van der Waals surface area contributed by atoms with Crippen LogP contribution in [-0.2, 0) is 0 Å². The molecule has 1 saturated carbocycles. The highest BCUT2D eigenvalue weighted by Crippen LogP contribution is 2.33. The fraction of sp³-hybridized carbons (Fsp3) is 0.400. The zero-order chi connectivity index (χ0) is 16.6. The number of nitrogens with zero attached hydrogens (tertiary/aromatic N) is 1. The van der Waals surface area contributed by atoms with Crippen LogP contribution in [0.2, 0.25) is 0 Å². The maximum atomic E-state index is 12.9. The molecule has 1 aliphatic carbocycles. The summed E-state index contributed by atoms with van der Waals surface area (Å²) in [5.41, 5.74) is 4.54. The van der Waals surface area contributed by atoms with E-state index in [4.69, 9.17) is 0 Å². The number of carbonyl (C=O) groups is 1. The number of rotatable bonds is 3. The summed E-state index contributed by atoms with van der Waals surface area (Å²) in [7, 11) is 0. The van der Waals surface area contributed by atoms with Gasteiger partial charge >= 0.3 is 0 Å². The Labute approximate surface area is 137 Å². The van der Waals surface area contributed by atoms with Gasteiger partial charge in [-0.05, 0) is 51.3 Å². The van der Waals surface area contributed by atoms with E-state index in [0.717, 1.165) is 42.5 Å². The molecule has 1 heterocycles. The third-order valence-corrected chi connectivity index (χ3v) is 4.84. The van der Waals surface area contributed by atoms with Crippen LogP contribution in [0.1, 0.15) is 60.1 Å². The van der Waals surface area contributed by atoms with E-state index < -0.39 is 0 Å². The van der Waals surface area contributed by atoms with E-state index in [1.807, 2.05) is 10.6 Å². The molecule has 0 bridgehead atoms. The smallest absolute Gasteiger partial charge is 0.262 e. The number of hydrogen-bond donors (Lipinski definition) is 0. The molecule has 0 radical (unpaired) electrons. The highest BCUT2D eigenvalue weighted by Gasteiger charge is 2.23. The van der Waals surface area contributed by atoms with Crippen LogP contribution in [0.5, 0.6) is 0 Å². The van der Waals surface area contributed by atoms with Crippen molar-refractivity contribution >= 4 is 5.78 Å². The van der Waals surface area contributed by atoms with Crippen LogP contribution in [0.4, 0.5) is 0 Å². The summed E-state index contributed by atoms with van der Waals surface area (Å²) in [5, 5.41) is 0. The largest absolute Gasteiger partial charge is 0.305 e. The highest BCUT2D eigenvalue weighted by molar-refractivity contribution is 5.94. The second-order valence-electron chi connectivity index (χ2n) is 6.62. The molecule has 1 aromatic carbocycles. The molecule has 0 unspecified atom stereocenters. The van der Waals surface area contributed by atoms with Crippen LogP contribution >= 0.6 is 0 Å². The van der Waals surface area contributed by atoms with Gasteiger partial charge in [-0.3, -0.25) is 9.59 Å². The van der Waals surface area contributed by atoms with Crippen LogP contribution in [0.3, 0.4) is 0 Å². The van der Waals surface area contributed by atoms with Crippen molar-refractivity contribution in [3.8, 4) is 11.3 Å². The molecule has 0 spiro atoms. The number of pyridine rings is 1. The molecule has 0 atom stereocenters. The molecule has 3 nitrogen and oxygen atoms in total. The van der Waals surface area contributed by atoms with Gasteiger partial charge in [-0.15, -0.1) is 0 Å². The number of hydrogen-bond acceptors (Lipinski definition) is 2. The van der Waals surface area contributed by atoms with E-state index in [-0.39, 0.29) is 17.4 Å². The fourth-order valence-corrected chi connectivity index (χ4v) is 3.67. The van der Waals surface area contributed by atoms with Gasteiger partial charge in [0.2, 0.25) is 0 Å². The van der Waals surface area contributed by atoms with E-state index >= 15 is 0 Å². The molecule has 1 fully saturated rings. The molecule has 23 heavy (non-hydrogen) atoms. The maximum absolute atomic E-state index is 12.9. The van der Waals surface area contributed by atoms with Gasteiger partial charge in [0.1, 0.15) is 0 Å². The minimum atomic E-state index is -0.158. The predicted molar refractivity (Wildman–Crippen MR) is 93.1 cm³/mol. The number of carbonyl (C=O) groups excluding carboxylic acids is 1. The van der Waals surface area contributed by atoms with Crippen LogP contribution in [0.25, 0.3) is 11.3 Å². The Balaban J connectivity index is 2.25. The van der Waals surface area contributed by atoms with Gasteiger partial charge < -0.3 is 4.57 Å². The van der Waals surface area contributed by atoms with E-state index in [1.165, 1.54) is 12.5 Å². The van der Waals surface area contributed by atoms with Crippen molar-refractivity contribution in [1.29, 1.82) is 0 Å². The Bertz CT molecular complexity index is 811.